The molecule has 7 heteroatoms. The second kappa shape index (κ2) is 6.52. The Bertz CT molecular complexity index is 869. The number of thioether (sulfide) groups is 1. The SMILES string of the molecule is Cn1cc(/C=C2\SC(=O)N(CCCC(=O)O)C2=O)c2ccccc21. The van der Waals surface area contributed by atoms with Crippen LogP contribution in [-0.4, -0.2) is 38.2 Å². The zero-order valence-corrected chi connectivity index (χ0v) is 13.9. The number of aromatic nitrogens is 1. The second-order valence-corrected chi connectivity index (χ2v) is 6.54. The number of fused-ring (bicyclic) bond motifs is 1. The fourth-order valence-electron chi connectivity index (χ4n) is 2.71. The summed E-state index contributed by atoms with van der Waals surface area (Å²) in [5, 5.41) is 9.32. The lowest BCUT2D eigenvalue weighted by Gasteiger charge is -2.10. The fourth-order valence-corrected chi connectivity index (χ4v) is 3.57. The van der Waals surface area contributed by atoms with Crippen LogP contribution in [0, 0.1) is 0 Å². The Labute approximate surface area is 142 Å². The number of carbonyl (C=O) groups excluding carboxylic acids is 2. The van der Waals surface area contributed by atoms with Crippen molar-refractivity contribution in [2.24, 2.45) is 7.05 Å². The molecule has 1 aliphatic rings. The van der Waals surface area contributed by atoms with Gasteiger partial charge in [-0.1, -0.05) is 18.2 Å². The van der Waals surface area contributed by atoms with Crippen molar-refractivity contribution in [1.29, 1.82) is 0 Å². The summed E-state index contributed by atoms with van der Waals surface area (Å²) in [7, 11) is 1.93. The van der Waals surface area contributed by atoms with E-state index in [0.717, 1.165) is 33.1 Å². The molecule has 6 nitrogen and oxygen atoms in total. The van der Waals surface area contributed by atoms with E-state index in [9.17, 15) is 14.4 Å². The lowest BCUT2D eigenvalue weighted by molar-refractivity contribution is -0.137. The number of carbonyl (C=O) groups is 3. The van der Waals surface area contributed by atoms with Crippen LogP contribution in [0.4, 0.5) is 4.79 Å². The molecular formula is C17H16N2O4S. The first-order valence-corrected chi connectivity index (χ1v) is 8.30. The number of hydrogen-bond donors (Lipinski definition) is 1. The summed E-state index contributed by atoms with van der Waals surface area (Å²) < 4.78 is 1.97. The smallest absolute Gasteiger partial charge is 0.303 e. The van der Waals surface area contributed by atoms with E-state index in [1.54, 1.807) is 6.08 Å². The lowest BCUT2D eigenvalue weighted by atomic mass is 10.1. The Morgan fingerprint density at radius 2 is 2.04 bits per heavy atom. The Kier molecular flexibility index (Phi) is 4.44. The molecule has 1 N–H and O–H groups in total. The number of nitrogens with zero attached hydrogens (tertiary/aromatic N) is 2. The van der Waals surface area contributed by atoms with Crippen molar-refractivity contribution < 1.29 is 19.5 Å². The molecule has 3 rings (SSSR count). The van der Waals surface area contributed by atoms with E-state index in [0.29, 0.717) is 4.91 Å². The minimum Gasteiger partial charge on any atom is -0.481 e. The predicted octanol–water partition coefficient (Wildman–Crippen LogP) is 3.08. The van der Waals surface area contributed by atoms with E-state index in [-0.39, 0.29) is 30.5 Å². The van der Waals surface area contributed by atoms with Crippen LogP contribution in [-0.2, 0) is 16.6 Å². The third kappa shape index (κ3) is 3.07. The van der Waals surface area contributed by atoms with Gasteiger partial charge in [-0.25, -0.2) is 0 Å². The first kappa shape index (κ1) is 16.3. The number of para-hydroxylation sites is 1. The maximum atomic E-state index is 12.4. The van der Waals surface area contributed by atoms with Gasteiger partial charge in [0.1, 0.15) is 0 Å². The molecule has 2 aromatic rings. The van der Waals surface area contributed by atoms with Crippen LogP contribution < -0.4 is 0 Å². The number of benzene rings is 1. The van der Waals surface area contributed by atoms with Crippen molar-refractivity contribution in [2.45, 2.75) is 12.8 Å². The summed E-state index contributed by atoms with van der Waals surface area (Å²) in [6.45, 7) is 0.129. The van der Waals surface area contributed by atoms with Crippen molar-refractivity contribution in [3.63, 3.8) is 0 Å². The molecule has 1 aromatic heterocycles. The van der Waals surface area contributed by atoms with E-state index in [2.05, 4.69) is 0 Å². The van der Waals surface area contributed by atoms with E-state index in [1.165, 1.54) is 0 Å². The fraction of sp³-hybridized carbons (Fsp3) is 0.235. The van der Waals surface area contributed by atoms with Gasteiger partial charge in [0, 0.05) is 42.7 Å². The molecule has 1 fully saturated rings. The van der Waals surface area contributed by atoms with Crippen LogP contribution in [0.3, 0.4) is 0 Å². The molecule has 0 aliphatic carbocycles. The van der Waals surface area contributed by atoms with Crippen molar-refractivity contribution in [3.8, 4) is 0 Å². The summed E-state index contributed by atoms with van der Waals surface area (Å²) in [6, 6.07) is 7.84. The molecular weight excluding hydrogens is 328 g/mol. The summed E-state index contributed by atoms with van der Waals surface area (Å²) in [5.74, 6) is -1.29. The second-order valence-electron chi connectivity index (χ2n) is 5.54. The topological polar surface area (TPSA) is 79.6 Å². The summed E-state index contributed by atoms with van der Waals surface area (Å²) in [4.78, 5) is 36.4. The Hall–Kier alpha value is -2.54. The Balaban J connectivity index is 1.84. The molecule has 124 valence electrons. The van der Waals surface area contributed by atoms with Crippen LogP contribution in [0.25, 0.3) is 17.0 Å². The van der Waals surface area contributed by atoms with Gasteiger partial charge in [-0.15, -0.1) is 0 Å². The number of amides is 2. The van der Waals surface area contributed by atoms with E-state index in [4.69, 9.17) is 5.11 Å². The summed E-state index contributed by atoms with van der Waals surface area (Å²) in [6.07, 6.45) is 3.84. The van der Waals surface area contributed by atoms with Gasteiger partial charge in [0.15, 0.2) is 0 Å². The maximum absolute atomic E-state index is 12.4. The summed E-state index contributed by atoms with van der Waals surface area (Å²) >= 11 is 0.895. The average Bonchev–Trinajstić information content (AvgIpc) is 2.99. The molecule has 0 saturated carbocycles. The van der Waals surface area contributed by atoms with Crippen LogP contribution in [0.2, 0.25) is 0 Å². The lowest BCUT2D eigenvalue weighted by Crippen LogP contribution is -2.29. The third-order valence-corrected chi connectivity index (χ3v) is 4.77. The van der Waals surface area contributed by atoms with Gasteiger partial charge >= 0.3 is 5.97 Å². The van der Waals surface area contributed by atoms with E-state index >= 15 is 0 Å². The Morgan fingerprint density at radius 1 is 1.29 bits per heavy atom. The highest BCUT2D eigenvalue weighted by molar-refractivity contribution is 8.18. The minimum absolute atomic E-state index is 0.0654. The monoisotopic (exact) mass is 344 g/mol. The molecule has 1 aliphatic heterocycles. The van der Waals surface area contributed by atoms with Gasteiger partial charge in [-0.3, -0.25) is 19.3 Å². The third-order valence-electron chi connectivity index (χ3n) is 3.86. The van der Waals surface area contributed by atoms with Crippen LogP contribution in [0.5, 0.6) is 0 Å². The number of aryl methyl sites for hydroxylation is 1. The molecule has 24 heavy (non-hydrogen) atoms. The van der Waals surface area contributed by atoms with Crippen LogP contribution in [0.1, 0.15) is 18.4 Å². The number of rotatable bonds is 5. The molecule has 0 radical (unpaired) electrons. The van der Waals surface area contributed by atoms with Crippen molar-refractivity contribution >= 4 is 45.9 Å². The standard InChI is InChI=1S/C17H16N2O4S/c1-18-10-11(12-5-2-3-6-13(12)18)9-14-16(22)19(17(23)24-14)8-4-7-15(20)21/h2-3,5-6,9-10H,4,7-8H2,1H3,(H,20,21)/b14-9-. The van der Waals surface area contributed by atoms with Gasteiger partial charge in [0.05, 0.1) is 4.91 Å². The highest BCUT2D eigenvalue weighted by Crippen LogP contribution is 2.34. The molecule has 1 saturated heterocycles. The molecule has 0 unspecified atom stereocenters. The minimum atomic E-state index is -0.937. The first-order chi connectivity index (χ1) is 11.5. The maximum Gasteiger partial charge on any atom is 0.303 e. The molecule has 2 heterocycles. The van der Waals surface area contributed by atoms with Crippen molar-refractivity contribution in [3.05, 3.63) is 40.9 Å². The number of carboxylic acid groups (broad SMARTS) is 1. The largest absolute Gasteiger partial charge is 0.481 e. The number of carboxylic acids is 1. The molecule has 0 spiro atoms. The van der Waals surface area contributed by atoms with Gasteiger partial charge in [0.2, 0.25) is 0 Å². The van der Waals surface area contributed by atoms with Gasteiger partial charge in [-0.05, 0) is 30.3 Å². The normalized spacial score (nSPS) is 16.5. The van der Waals surface area contributed by atoms with Gasteiger partial charge in [-0.2, -0.15) is 0 Å². The van der Waals surface area contributed by atoms with Crippen LogP contribution >= 0.6 is 11.8 Å². The number of hydrogen-bond acceptors (Lipinski definition) is 4. The molecule has 0 bridgehead atoms. The predicted molar refractivity (Wildman–Crippen MR) is 92.5 cm³/mol. The average molecular weight is 344 g/mol. The Morgan fingerprint density at radius 3 is 2.79 bits per heavy atom. The summed E-state index contributed by atoms with van der Waals surface area (Å²) in [5.41, 5.74) is 1.92. The zero-order chi connectivity index (χ0) is 17.3. The van der Waals surface area contributed by atoms with Crippen LogP contribution in [0.15, 0.2) is 35.4 Å². The van der Waals surface area contributed by atoms with Gasteiger partial charge in [0.25, 0.3) is 11.1 Å². The number of imide groups is 1. The zero-order valence-electron chi connectivity index (χ0n) is 13.1. The molecule has 1 aromatic carbocycles. The number of aliphatic carboxylic acids is 1. The first-order valence-electron chi connectivity index (χ1n) is 7.48. The van der Waals surface area contributed by atoms with Gasteiger partial charge < -0.3 is 9.67 Å². The van der Waals surface area contributed by atoms with Crippen molar-refractivity contribution in [1.82, 2.24) is 9.47 Å². The highest BCUT2D eigenvalue weighted by atomic mass is 32.2. The van der Waals surface area contributed by atoms with E-state index < -0.39 is 5.97 Å². The quantitative estimate of drug-likeness (QED) is 0.843. The highest BCUT2D eigenvalue weighted by Gasteiger charge is 2.34. The van der Waals surface area contributed by atoms with E-state index in [1.807, 2.05) is 42.1 Å². The molecule has 2 amide bonds. The van der Waals surface area contributed by atoms with Crippen molar-refractivity contribution in [2.75, 3.05) is 6.54 Å². The molecule has 0 atom stereocenters.